The summed E-state index contributed by atoms with van der Waals surface area (Å²) in [6.45, 7) is 4.41. The van der Waals surface area contributed by atoms with E-state index in [0.29, 0.717) is 24.6 Å². The van der Waals surface area contributed by atoms with E-state index in [2.05, 4.69) is 15.2 Å². The Kier molecular flexibility index (Phi) is 4.89. The third-order valence-corrected chi connectivity index (χ3v) is 5.37. The Morgan fingerprint density at radius 1 is 1.38 bits per heavy atom. The summed E-state index contributed by atoms with van der Waals surface area (Å²) in [6, 6.07) is 10.1. The van der Waals surface area contributed by atoms with Gasteiger partial charge < -0.3 is 15.2 Å². The lowest BCUT2D eigenvalue weighted by Crippen LogP contribution is -2.46. The van der Waals surface area contributed by atoms with Crippen LogP contribution < -0.4 is 5.32 Å². The molecule has 2 aromatic rings. The van der Waals surface area contributed by atoms with Crippen molar-refractivity contribution in [3.8, 4) is 0 Å². The average Bonchev–Trinajstić information content (AvgIpc) is 3.02. The van der Waals surface area contributed by atoms with Crippen LogP contribution in [0.3, 0.4) is 0 Å². The van der Waals surface area contributed by atoms with Crippen molar-refractivity contribution in [1.82, 2.24) is 15.2 Å². The Morgan fingerprint density at radius 3 is 3.08 bits per heavy atom. The molecule has 0 unspecified atom stereocenters. The number of benzene rings is 1. The third-order valence-electron chi connectivity index (χ3n) is 5.37. The van der Waals surface area contributed by atoms with Gasteiger partial charge in [-0.1, -0.05) is 18.2 Å². The first-order valence-corrected chi connectivity index (χ1v) is 9.28. The molecule has 3 heterocycles. The van der Waals surface area contributed by atoms with Crippen LogP contribution in [-0.2, 0) is 4.74 Å². The second-order valence-corrected chi connectivity index (χ2v) is 7.31. The third kappa shape index (κ3) is 3.45. The normalized spacial score (nSPS) is 26.0. The molecular weight excluding hydrogens is 330 g/mol. The SMILES string of the molecule is Cc1cc(C(=O)N[C@@H]2C[C@H]3CO[C@@H](CCO)CN3C2)c2ccccc2n1. The molecule has 1 aromatic carbocycles. The molecule has 2 saturated heterocycles. The molecule has 2 N–H and O–H groups in total. The number of pyridine rings is 1. The lowest BCUT2D eigenvalue weighted by atomic mass is 10.1. The molecule has 2 aliphatic rings. The van der Waals surface area contributed by atoms with E-state index in [9.17, 15) is 4.79 Å². The van der Waals surface area contributed by atoms with Crippen LogP contribution in [0.2, 0.25) is 0 Å². The van der Waals surface area contributed by atoms with E-state index in [1.807, 2.05) is 37.3 Å². The molecule has 0 saturated carbocycles. The van der Waals surface area contributed by atoms with Crippen molar-refractivity contribution in [1.29, 1.82) is 0 Å². The first-order chi connectivity index (χ1) is 12.6. The predicted molar refractivity (Wildman–Crippen MR) is 99.2 cm³/mol. The van der Waals surface area contributed by atoms with Crippen molar-refractivity contribution in [2.45, 2.75) is 38.0 Å². The second-order valence-electron chi connectivity index (χ2n) is 7.31. The lowest BCUT2D eigenvalue weighted by molar-refractivity contribution is -0.0566. The minimum Gasteiger partial charge on any atom is -0.396 e. The number of hydrogen-bond donors (Lipinski definition) is 2. The molecule has 3 atom stereocenters. The number of amides is 1. The number of ether oxygens (including phenoxy) is 1. The van der Waals surface area contributed by atoms with Crippen molar-refractivity contribution >= 4 is 16.8 Å². The quantitative estimate of drug-likeness (QED) is 0.869. The number of nitrogens with one attached hydrogen (secondary N) is 1. The minimum atomic E-state index is -0.0376. The molecule has 6 heteroatoms. The van der Waals surface area contributed by atoms with Crippen LogP contribution in [0, 0.1) is 6.92 Å². The molecule has 0 bridgehead atoms. The lowest BCUT2D eigenvalue weighted by Gasteiger charge is -2.34. The van der Waals surface area contributed by atoms with E-state index in [-0.39, 0.29) is 24.7 Å². The number of morpholine rings is 1. The van der Waals surface area contributed by atoms with Gasteiger partial charge in [0, 0.05) is 42.9 Å². The molecule has 1 amide bonds. The van der Waals surface area contributed by atoms with Gasteiger partial charge in [-0.25, -0.2) is 0 Å². The van der Waals surface area contributed by atoms with Crippen molar-refractivity contribution in [2.24, 2.45) is 0 Å². The summed E-state index contributed by atoms with van der Waals surface area (Å²) in [5, 5.41) is 13.2. The van der Waals surface area contributed by atoms with Crippen LogP contribution in [0.5, 0.6) is 0 Å². The van der Waals surface area contributed by atoms with Gasteiger partial charge in [0.05, 0.1) is 23.8 Å². The summed E-state index contributed by atoms with van der Waals surface area (Å²) >= 11 is 0. The Morgan fingerprint density at radius 2 is 2.23 bits per heavy atom. The maximum atomic E-state index is 12.9. The fourth-order valence-electron chi connectivity index (χ4n) is 4.12. The molecular formula is C20H25N3O3. The number of para-hydroxylation sites is 1. The van der Waals surface area contributed by atoms with E-state index >= 15 is 0 Å². The van der Waals surface area contributed by atoms with Gasteiger partial charge in [-0.3, -0.25) is 14.7 Å². The summed E-state index contributed by atoms with van der Waals surface area (Å²) in [5.74, 6) is -0.0376. The van der Waals surface area contributed by atoms with E-state index in [1.165, 1.54) is 0 Å². The van der Waals surface area contributed by atoms with Gasteiger partial charge in [-0.05, 0) is 31.9 Å². The number of nitrogens with zero attached hydrogens (tertiary/aromatic N) is 2. The zero-order chi connectivity index (χ0) is 18.1. The van der Waals surface area contributed by atoms with Gasteiger partial charge >= 0.3 is 0 Å². The van der Waals surface area contributed by atoms with Gasteiger partial charge in [0.15, 0.2) is 0 Å². The Hall–Kier alpha value is -2.02. The van der Waals surface area contributed by atoms with Gasteiger partial charge in [0.25, 0.3) is 5.91 Å². The van der Waals surface area contributed by atoms with E-state index in [1.54, 1.807) is 0 Å². The fourth-order valence-corrected chi connectivity index (χ4v) is 4.12. The summed E-state index contributed by atoms with van der Waals surface area (Å²) in [5.41, 5.74) is 2.38. The van der Waals surface area contributed by atoms with Crippen LogP contribution in [-0.4, -0.2) is 65.4 Å². The number of fused-ring (bicyclic) bond motifs is 2. The molecule has 0 aliphatic carbocycles. The summed E-state index contributed by atoms with van der Waals surface area (Å²) in [7, 11) is 0. The molecule has 2 aliphatic heterocycles. The molecule has 6 nitrogen and oxygen atoms in total. The molecule has 138 valence electrons. The van der Waals surface area contributed by atoms with Crippen molar-refractivity contribution < 1.29 is 14.6 Å². The van der Waals surface area contributed by atoms with Gasteiger partial charge in [0.1, 0.15) is 0 Å². The maximum absolute atomic E-state index is 12.9. The average molecular weight is 355 g/mol. The van der Waals surface area contributed by atoms with E-state index < -0.39 is 0 Å². The van der Waals surface area contributed by atoms with Gasteiger partial charge in [-0.2, -0.15) is 0 Å². The number of rotatable bonds is 4. The highest BCUT2D eigenvalue weighted by molar-refractivity contribution is 6.06. The zero-order valence-electron chi connectivity index (χ0n) is 15.0. The van der Waals surface area contributed by atoms with E-state index in [0.717, 1.165) is 36.1 Å². The number of hydrogen-bond acceptors (Lipinski definition) is 5. The maximum Gasteiger partial charge on any atom is 0.252 e. The first-order valence-electron chi connectivity index (χ1n) is 9.28. The number of carbonyl (C=O) groups excluding carboxylic acids is 1. The monoisotopic (exact) mass is 355 g/mol. The number of aromatic nitrogens is 1. The van der Waals surface area contributed by atoms with Crippen LogP contribution in [0.15, 0.2) is 30.3 Å². The number of aliphatic hydroxyl groups is 1. The van der Waals surface area contributed by atoms with Crippen molar-refractivity contribution in [3.05, 3.63) is 41.6 Å². The number of aliphatic hydroxyl groups excluding tert-OH is 1. The highest BCUT2D eigenvalue weighted by Gasteiger charge is 2.37. The topological polar surface area (TPSA) is 74.7 Å². The Labute approximate surface area is 153 Å². The van der Waals surface area contributed by atoms with Crippen LogP contribution in [0.4, 0.5) is 0 Å². The standard InChI is InChI=1S/C20H25N3O3/c1-13-8-18(17-4-2-3-5-19(17)21-13)20(25)22-14-9-15-12-26-16(6-7-24)11-23(15)10-14/h2-5,8,14-16,24H,6-7,9-12H2,1H3,(H,22,25)/t14-,15+,16+/m1/s1. The second kappa shape index (κ2) is 7.31. The Balaban J connectivity index is 1.47. The molecule has 0 radical (unpaired) electrons. The molecule has 2 fully saturated rings. The number of carbonyl (C=O) groups is 1. The van der Waals surface area contributed by atoms with Crippen LogP contribution >= 0.6 is 0 Å². The van der Waals surface area contributed by atoms with Crippen molar-refractivity contribution in [2.75, 3.05) is 26.3 Å². The summed E-state index contributed by atoms with van der Waals surface area (Å²) < 4.78 is 5.82. The molecule has 0 spiro atoms. The van der Waals surface area contributed by atoms with Crippen LogP contribution in [0.1, 0.15) is 28.9 Å². The summed E-state index contributed by atoms with van der Waals surface area (Å²) in [6.07, 6.45) is 1.67. The highest BCUT2D eigenvalue weighted by Crippen LogP contribution is 2.25. The highest BCUT2D eigenvalue weighted by atomic mass is 16.5. The smallest absolute Gasteiger partial charge is 0.252 e. The van der Waals surface area contributed by atoms with Gasteiger partial charge in [-0.15, -0.1) is 0 Å². The molecule has 4 rings (SSSR count). The Bertz CT molecular complexity index is 810. The van der Waals surface area contributed by atoms with Crippen molar-refractivity contribution in [3.63, 3.8) is 0 Å². The predicted octanol–water partition coefficient (Wildman–Crippen LogP) is 1.50. The molecule has 26 heavy (non-hydrogen) atoms. The summed E-state index contributed by atoms with van der Waals surface area (Å²) in [4.78, 5) is 19.8. The molecule has 1 aromatic heterocycles. The first kappa shape index (κ1) is 17.4. The zero-order valence-corrected chi connectivity index (χ0v) is 15.0. The largest absolute Gasteiger partial charge is 0.396 e. The number of aryl methyl sites for hydroxylation is 1. The van der Waals surface area contributed by atoms with Gasteiger partial charge in [0.2, 0.25) is 0 Å². The van der Waals surface area contributed by atoms with E-state index in [4.69, 9.17) is 9.84 Å². The fraction of sp³-hybridized carbons (Fsp3) is 0.500. The minimum absolute atomic E-state index is 0.0376. The van der Waals surface area contributed by atoms with Crippen LogP contribution in [0.25, 0.3) is 10.9 Å².